The molecule has 19 heavy (non-hydrogen) atoms. The van der Waals surface area contributed by atoms with Gasteiger partial charge in [0.25, 0.3) is 0 Å². The van der Waals surface area contributed by atoms with Crippen LogP contribution in [0.15, 0.2) is 24.3 Å². The first kappa shape index (κ1) is 16.1. The summed E-state index contributed by atoms with van der Waals surface area (Å²) < 4.78 is 0. The minimum absolute atomic E-state index is 0.566. The topological polar surface area (TPSA) is 49.3 Å². The van der Waals surface area contributed by atoms with Gasteiger partial charge in [0.05, 0.1) is 0 Å². The lowest BCUT2D eigenvalue weighted by molar-refractivity contribution is -0.143. The second-order valence-corrected chi connectivity index (χ2v) is 6.03. The number of aryl methyl sites for hydroxylation is 1. The molecule has 0 heterocycles. The third-order valence-electron chi connectivity index (χ3n) is 2.98. The molecular weight excluding hydrogens is 258 g/mol. The van der Waals surface area contributed by atoms with Gasteiger partial charge < -0.3 is 10.4 Å². The van der Waals surface area contributed by atoms with Gasteiger partial charge in [0.15, 0.2) is 0 Å². The maximum absolute atomic E-state index is 11.3. The third kappa shape index (κ3) is 5.25. The van der Waals surface area contributed by atoms with Gasteiger partial charge in [0, 0.05) is 11.5 Å². The number of carbonyl (C=O) groups is 1. The van der Waals surface area contributed by atoms with Crippen molar-refractivity contribution in [1.82, 2.24) is 5.32 Å². The summed E-state index contributed by atoms with van der Waals surface area (Å²) in [5.74, 6) is 0.631. The van der Waals surface area contributed by atoms with Crippen LogP contribution in [0.3, 0.4) is 0 Å². The summed E-state index contributed by atoms with van der Waals surface area (Å²) in [5.41, 5.74) is 1.64. The fourth-order valence-electron chi connectivity index (χ4n) is 1.76. The van der Waals surface area contributed by atoms with Crippen molar-refractivity contribution in [3.05, 3.63) is 35.4 Å². The first-order valence-corrected chi connectivity index (χ1v) is 7.75. The maximum atomic E-state index is 11.3. The second-order valence-electron chi connectivity index (χ2n) is 5.05. The van der Waals surface area contributed by atoms with Crippen LogP contribution < -0.4 is 5.32 Å². The van der Waals surface area contributed by atoms with Crippen molar-refractivity contribution in [2.45, 2.75) is 38.5 Å². The predicted molar refractivity (Wildman–Crippen MR) is 81.7 cm³/mol. The number of aliphatic carboxylic acids is 1. The highest BCUT2D eigenvalue weighted by molar-refractivity contribution is 7.98. The van der Waals surface area contributed by atoms with Crippen LogP contribution in [0, 0.1) is 6.92 Å². The first-order valence-electron chi connectivity index (χ1n) is 6.59. The Morgan fingerprint density at radius 3 is 2.79 bits per heavy atom. The molecule has 106 valence electrons. The van der Waals surface area contributed by atoms with E-state index in [2.05, 4.69) is 30.4 Å². The summed E-state index contributed by atoms with van der Waals surface area (Å²) in [6.45, 7) is 6.59. The Morgan fingerprint density at radius 2 is 2.21 bits per heavy atom. The molecule has 0 bridgehead atoms. The Bertz CT molecular complexity index is 422. The summed E-state index contributed by atoms with van der Waals surface area (Å²) in [6.07, 6.45) is 0.936. The van der Waals surface area contributed by atoms with Crippen molar-refractivity contribution in [3.8, 4) is 0 Å². The van der Waals surface area contributed by atoms with Crippen molar-refractivity contribution >= 4 is 17.7 Å². The van der Waals surface area contributed by atoms with Crippen LogP contribution >= 0.6 is 11.8 Å². The highest BCUT2D eigenvalue weighted by Crippen LogP contribution is 2.19. The molecule has 4 heteroatoms. The zero-order chi connectivity index (χ0) is 14.3. The number of thioether (sulfide) groups is 1. The zero-order valence-corrected chi connectivity index (χ0v) is 12.7. The predicted octanol–water partition coefficient (Wildman–Crippen LogP) is 3.07. The number of nitrogens with one attached hydrogen (secondary N) is 1. The summed E-state index contributed by atoms with van der Waals surface area (Å²) in [7, 11) is 0. The number of hydrogen-bond donors (Lipinski definition) is 2. The minimum Gasteiger partial charge on any atom is -0.480 e. The van der Waals surface area contributed by atoms with Gasteiger partial charge in [-0.25, -0.2) is 0 Å². The lowest BCUT2D eigenvalue weighted by Crippen LogP contribution is -2.52. The molecule has 0 fully saturated rings. The molecule has 0 aliphatic rings. The van der Waals surface area contributed by atoms with Gasteiger partial charge in [-0.1, -0.05) is 36.8 Å². The van der Waals surface area contributed by atoms with E-state index in [1.807, 2.05) is 13.0 Å². The van der Waals surface area contributed by atoms with Gasteiger partial charge >= 0.3 is 5.97 Å². The molecule has 0 aromatic heterocycles. The van der Waals surface area contributed by atoms with Crippen LogP contribution in [0.25, 0.3) is 0 Å². The van der Waals surface area contributed by atoms with Crippen LogP contribution in [0.2, 0.25) is 0 Å². The second kappa shape index (κ2) is 7.56. The number of benzene rings is 1. The molecule has 1 aromatic rings. The van der Waals surface area contributed by atoms with E-state index in [1.165, 1.54) is 11.1 Å². The van der Waals surface area contributed by atoms with Gasteiger partial charge in [0.1, 0.15) is 5.54 Å². The van der Waals surface area contributed by atoms with Crippen LogP contribution in [0.4, 0.5) is 0 Å². The van der Waals surface area contributed by atoms with Crippen molar-refractivity contribution in [3.63, 3.8) is 0 Å². The van der Waals surface area contributed by atoms with Crippen LogP contribution in [-0.4, -0.2) is 28.9 Å². The number of rotatable bonds is 8. The fourth-order valence-corrected chi connectivity index (χ4v) is 2.92. The molecule has 1 aromatic carbocycles. The van der Waals surface area contributed by atoms with E-state index < -0.39 is 11.5 Å². The van der Waals surface area contributed by atoms with Crippen molar-refractivity contribution in [2.75, 3.05) is 12.3 Å². The number of carboxylic acids is 1. The molecule has 0 saturated carbocycles. The first-order chi connectivity index (χ1) is 8.98. The van der Waals surface area contributed by atoms with E-state index in [1.54, 1.807) is 18.7 Å². The highest BCUT2D eigenvalue weighted by Gasteiger charge is 2.31. The van der Waals surface area contributed by atoms with Gasteiger partial charge in [-0.2, -0.15) is 11.8 Å². The Hall–Kier alpha value is -1.00. The van der Waals surface area contributed by atoms with E-state index in [9.17, 15) is 9.90 Å². The Kier molecular flexibility index (Phi) is 6.38. The normalized spacial score (nSPS) is 14.1. The molecule has 1 unspecified atom stereocenters. The summed E-state index contributed by atoms with van der Waals surface area (Å²) in [4.78, 5) is 11.3. The van der Waals surface area contributed by atoms with Crippen LogP contribution in [0.1, 0.15) is 31.4 Å². The Balaban J connectivity index is 2.50. The van der Waals surface area contributed by atoms with E-state index in [0.717, 1.165) is 18.7 Å². The monoisotopic (exact) mass is 281 g/mol. The molecular formula is C15H23NO2S. The van der Waals surface area contributed by atoms with Crippen LogP contribution in [-0.2, 0) is 10.5 Å². The highest BCUT2D eigenvalue weighted by atomic mass is 32.2. The van der Waals surface area contributed by atoms with E-state index in [0.29, 0.717) is 5.75 Å². The Morgan fingerprint density at radius 1 is 1.47 bits per heavy atom. The average Bonchev–Trinajstić information content (AvgIpc) is 2.36. The number of hydrogen-bond acceptors (Lipinski definition) is 3. The molecule has 0 amide bonds. The summed E-state index contributed by atoms with van der Waals surface area (Å²) in [5, 5.41) is 12.4. The molecule has 0 aliphatic carbocycles. The van der Waals surface area contributed by atoms with Gasteiger partial charge in [-0.3, -0.25) is 4.79 Å². The Labute approximate surface area is 119 Å². The van der Waals surface area contributed by atoms with Crippen molar-refractivity contribution in [1.29, 1.82) is 0 Å². The molecule has 0 saturated heterocycles. The number of carboxylic acid groups (broad SMARTS) is 1. The standard InChI is InChI=1S/C15H23NO2S/c1-4-8-16-15(3,14(17)18)11-19-10-13-7-5-6-12(2)9-13/h5-7,9,16H,4,8,10-11H2,1-3H3,(H,17,18). The average molecular weight is 281 g/mol. The van der Waals surface area contributed by atoms with E-state index in [4.69, 9.17) is 0 Å². The minimum atomic E-state index is -0.843. The molecule has 0 aliphatic heterocycles. The maximum Gasteiger partial charge on any atom is 0.324 e. The zero-order valence-electron chi connectivity index (χ0n) is 11.9. The van der Waals surface area contributed by atoms with E-state index in [-0.39, 0.29) is 0 Å². The third-order valence-corrected chi connectivity index (χ3v) is 4.30. The fraction of sp³-hybridized carbons (Fsp3) is 0.533. The van der Waals surface area contributed by atoms with Crippen molar-refractivity contribution in [2.24, 2.45) is 0 Å². The molecule has 1 rings (SSSR count). The summed E-state index contributed by atoms with van der Waals surface area (Å²) >= 11 is 1.66. The molecule has 0 radical (unpaired) electrons. The van der Waals surface area contributed by atoms with Crippen LogP contribution in [0.5, 0.6) is 0 Å². The lowest BCUT2D eigenvalue weighted by atomic mass is 10.1. The quantitative estimate of drug-likeness (QED) is 0.769. The van der Waals surface area contributed by atoms with Gasteiger partial charge in [-0.05, 0) is 32.4 Å². The molecule has 1 atom stereocenters. The van der Waals surface area contributed by atoms with Gasteiger partial charge in [0.2, 0.25) is 0 Å². The smallest absolute Gasteiger partial charge is 0.324 e. The molecule has 2 N–H and O–H groups in total. The molecule has 3 nitrogen and oxygen atoms in total. The SMILES string of the molecule is CCCNC(C)(CSCc1cccc(C)c1)C(=O)O. The summed E-state index contributed by atoms with van der Waals surface area (Å²) in [6, 6.07) is 8.33. The molecule has 0 spiro atoms. The lowest BCUT2D eigenvalue weighted by Gasteiger charge is -2.25. The van der Waals surface area contributed by atoms with E-state index >= 15 is 0 Å². The largest absolute Gasteiger partial charge is 0.480 e. The van der Waals surface area contributed by atoms with Gasteiger partial charge in [-0.15, -0.1) is 0 Å². The van der Waals surface area contributed by atoms with Crippen molar-refractivity contribution < 1.29 is 9.90 Å².